The molecular weight excluding hydrogens is 411 g/mol. The van der Waals surface area contributed by atoms with Crippen LogP contribution >= 0.6 is 0 Å². The van der Waals surface area contributed by atoms with Crippen molar-refractivity contribution >= 4 is 11.8 Å². The summed E-state index contributed by atoms with van der Waals surface area (Å²) < 4.78 is 13.1. The Morgan fingerprint density at radius 3 is 2.62 bits per heavy atom. The Hall–Kier alpha value is -2.84. The van der Waals surface area contributed by atoms with Crippen molar-refractivity contribution in [3.63, 3.8) is 0 Å². The normalized spacial score (nSPS) is 23.9. The van der Waals surface area contributed by atoms with E-state index in [1.807, 2.05) is 19.1 Å². The number of carbonyl (C=O) groups excluding carboxylic acids is 2. The average molecular weight is 441 g/mol. The van der Waals surface area contributed by atoms with Gasteiger partial charge in [-0.25, -0.2) is 4.98 Å². The van der Waals surface area contributed by atoms with E-state index in [4.69, 9.17) is 0 Å². The summed E-state index contributed by atoms with van der Waals surface area (Å²) in [5, 5.41) is 16.5. The lowest BCUT2D eigenvalue weighted by atomic mass is 9.77. The minimum absolute atomic E-state index is 0.0502. The molecule has 0 unspecified atom stereocenters. The van der Waals surface area contributed by atoms with Crippen LogP contribution in [-0.2, 0) is 10.4 Å². The average Bonchev–Trinajstić information content (AvgIpc) is 2.75. The highest BCUT2D eigenvalue weighted by molar-refractivity contribution is 5.96. The SMILES string of the molecule is Cc1cccc(C(=O)NCC(=O)NC2CN([C@H]3CC[C@@](O)(c4ccc(F)nc4)CC3)C2)c1. The number of carbonyl (C=O) groups is 2. The molecular formula is C24H29FN4O3. The van der Waals surface area contributed by atoms with Gasteiger partial charge in [-0.05, 0) is 50.8 Å². The molecule has 170 valence electrons. The molecule has 1 aromatic heterocycles. The van der Waals surface area contributed by atoms with Gasteiger partial charge in [-0.1, -0.05) is 23.8 Å². The summed E-state index contributed by atoms with van der Waals surface area (Å²) in [6.07, 6.45) is 4.29. The van der Waals surface area contributed by atoms with E-state index in [0.29, 0.717) is 30.0 Å². The minimum Gasteiger partial charge on any atom is -0.385 e. The zero-order valence-corrected chi connectivity index (χ0v) is 18.2. The summed E-state index contributed by atoms with van der Waals surface area (Å²) in [6.45, 7) is 3.39. The van der Waals surface area contributed by atoms with E-state index in [9.17, 15) is 19.1 Å². The number of nitrogens with zero attached hydrogens (tertiary/aromatic N) is 2. The molecule has 1 aliphatic carbocycles. The predicted octanol–water partition coefficient (Wildman–Crippen LogP) is 1.89. The van der Waals surface area contributed by atoms with Gasteiger partial charge in [0, 0.05) is 36.5 Å². The summed E-state index contributed by atoms with van der Waals surface area (Å²) in [5.74, 6) is -1.00. The number of aliphatic hydroxyl groups is 1. The number of rotatable bonds is 6. The van der Waals surface area contributed by atoms with E-state index < -0.39 is 11.5 Å². The summed E-state index contributed by atoms with van der Waals surface area (Å²) in [4.78, 5) is 30.3. The van der Waals surface area contributed by atoms with Crippen LogP contribution in [0.15, 0.2) is 42.6 Å². The third kappa shape index (κ3) is 5.14. The molecule has 7 nitrogen and oxygen atoms in total. The van der Waals surface area contributed by atoms with E-state index in [0.717, 1.165) is 31.5 Å². The first-order chi connectivity index (χ1) is 15.3. The highest BCUT2D eigenvalue weighted by atomic mass is 19.1. The third-order valence-corrected chi connectivity index (χ3v) is 6.53. The monoisotopic (exact) mass is 440 g/mol. The maximum Gasteiger partial charge on any atom is 0.251 e. The first-order valence-electron chi connectivity index (χ1n) is 11.0. The first-order valence-corrected chi connectivity index (χ1v) is 11.0. The summed E-state index contributed by atoms with van der Waals surface area (Å²) >= 11 is 0. The number of benzene rings is 1. The van der Waals surface area contributed by atoms with E-state index in [1.54, 1.807) is 18.2 Å². The van der Waals surface area contributed by atoms with E-state index in [-0.39, 0.29) is 24.4 Å². The fourth-order valence-electron chi connectivity index (χ4n) is 4.61. The van der Waals surface area contributed by atoms with Crippen LogP contribution in [0.5, 0.6) is 0 Å². The molecule has 2 amide bonds. The number of amides is 2. The maximum atomic E-state index is 13.1. The van der Waals surface area contributed by atoms with Crippen molar-refractivity contribution in [3.8, 4) is 0 Å². The van der Waals surface area contributed by atoms with Crippen LogP contribution in [-0.4, -0.2) is 58.5 Å². The van der Waals surface area contributed by atoms with Gasteiger partial charge in [0.1, 0.15) is 0 Å². The molecule has 0 atom stereocenters. The Balaban J connectivity index is 1.17. The molecule has 0 spiro atoms. The zero-order chi connectivity index (χ0) is 22.7. The van der Waals surface area contributed by atoms with Gasteiger partial charge in [0.2, 0.25) is 11.9 Å². The molecule has 2 fully saturated rings. The molecule has 2 aliphatic rings. The molecule has 2 heterocycles. The lowest BCUT2D eigenvalue weighted by Crippen LogP contribution is -2.63. The Morgan fingerprint density at radius 2 is 1.97 bits per heavy atom. The second kappa shape index (κ2) is 9.34. The number of aryl methyl sites for hydroxylation is 1. The standard InChI is InChI=1S/C24H29FN4O3/c1-16-3-2-4-17(11-16)23(31)27-13-22(30)28-19-14-29(15-19)20-7-9-24(32,10-8-20)18-5-6-21(25)26-12-18/h2-6,11-12,19-20,32H,7-10,13-15H2,1H3,(H,27,31)(H,28,30)/t20-,24-. The second-order valence-electron chi connectivity index (χ2n) is 8.90. The van der Waals surface area contributed by atoms with Crippen molar-refractivity contribution in [2.75, 3.05) is 19.6 Å². The van der Waals surface area contributed by atoms with Gasteiger partial charge in [0.05, 0.1) is 18.2 Å². The van der Waals surface area contributed by atoms with Gasteiger partial charge in [-0.15, -0.1) is 0 Å². The van der Waals surface area contributed by atoms with Crippen LogP contribution in [0, 0.1) is 12.9 Å². The summed E-state index contributed by atoms with van der Waals surface area (Å²) in [5.41, 5.74) is 1.25. The quantitative estimate of drug-likeness (QED) is 0.597. The van der Waals surface area contributed by atoms with Crippen molar-refractivity contribution in [2.45, 2.75) is 50.3 Å². The molecule has 8 heteroatoms. The maximum absolute atomic E-state index is 13.1. The number of likely N-dealkylation sites (tertiary alicyclic amines) is 1. The number of nitrogens with one attached hydrogen (secondary N) is 2. The van der Waals surface area contributed by atoms with Gasteiger partial charge >= 0.3 is 0 Å². The van der Waals surface area contributed by atoms with Crippen molar-refractivity contribution in [1.29, 1.82) is 0 Å². The Kier molecular flexibility index (Phi) is 6.53. The van der Waals surface area contributed by atoms with Crippen LogP contribution in [0.4, 0.5) is 4.39 Å². The second-order valence-corrected chi connectivity index (χ2v) is 8.90. The zero-order valence-electron chi connectivity index (χ0n) is 18.2. The van der Waals surface area contributed by atoms with Gasteiger partial charge < -0.3 is 15.7 Å². The molecule has 1 saturated carbocycles. The minimum atomic E-state index is -0.953. The van der Waals surface area contributed by atoms with Crippen LogP contribution in [0.2, 0.25) is 0 Å². The fraction of sp³-hybridized carbons (Fsp3) is 0.458. The molecule has 4 rings (SSSR count). The molecule has 2 aromatic rings. The predicted molar refractivity (Wildman–Crippen MR) is 117 cm³/mol. The Bertz CT molecular complexity index is 967. The smallest absolute Gasteiger partial charge is 0.251 e. The molecule has 1 aromatic carbocycles. The first kappa shape index (κ1) is 22.4. The summed E-state index contributed by atoms with van der Waals surface area (Å²) in [7, 11) is 0. The molecule has 3 N–H and O–H groups in total. The topological polar surface area (TPSA) is 94.6 Å². The van der Waals surface area contributed by atoms with Gasteiger partial charge in [-0.3, -0.25) is 14.5 Å². The number of aromatic nitrogens is 1. The Morgan fingerprint density at radius 1 is 1.22 bits per heavy atom. The van der Waals surface area contributed by atoms with Crippen molar-refractivity contribution in [2.24, 2.45) is 0 Å². The number of halogens is 1. The third-order valence-electron chi connectivity index (χ3n) is 6.53. The number of hydrogen-bond donors (Lipinski definition) is 3. The fourth-order valence-corrected chi connectivity index (χ4v) is 4.61. The molecule has 1 aliphatic heterocycles. The molecule has 0 bridgehead atoms. The van der Waals surface area contributed by atoms with Gasteiger partial charge in [0.25, 0.3) is 5.91 Å². The van der Waals surface area contributed by atoms with Crippen molar-refractivity contribution in [1.82, 2.24) is 20.5 Å². The number of hydrogen-bond acceptors (Lipinski definition) is 5. The molecule has 1 saturated heterocycles. The van der Waals surface area contributed by atoms with E-state index in [2.05, 4.69) is 20.5 Å². The lowest BCUT2D eigenvalue weighted by molar-refractivity contribution is -0.122. The number of pyridine rings is 1. The van der Waals surface area contributed by atoms with Crippen molar-refractivity contribution in [3.05, 3.63) is 65.2 Å². The highest BCUT2D eigenvalue weighted by Crippen LogP contribution is 2.39. The van der Waals surface area contributed by atoms with E-state index in [1.165, 1.54) is 12.3 Å². The van der Waals surface area contributed by atoms with Crippen LogP contribution in [0.25, 0.3) is 0 Å². The van der Waals surface area contributed by atoms with Crippen molar-refractivity contribution < 1.29 is 19.1 Å². The van der Waals surface area contributed by atoms with Gasteiger partial charge in [-0.2, -0.15) is 4.39 Å². The molecule has 0 radical (unpaired) electrons. The van der Waals surface area contributed by atoms with Crippen LogP contribution in [0.1, 0.15) is 47.2 Å². The summed E-state index contributed by atoms with van der Waals surface area (Å²) in [6, 6.07) is 10.6. The van der Waals surface area contributed by atoms with Gasteiger partial charge in [0.15, 0.2) is 0 Å². The lowest BCUT2D eigenvalue weighted by Gasteiger charge is -2.48. The van der Waals surface area contributed by atoms with Crippen LogP contribution in [0.3, 0.4) is 0 Å². The largest absolute Gasteiger partial charge is 0.385 e. The van der Waals surface area contributed by atoms with E-state index >= 15 is 0 Å². The Labute approximate surface area is 187 Å². The molecule has 32 heavy (non-hydrogen) atoms. The van der Waals surface area contributed by atoms with Crippen LogP contribution < -0.4 is 10.6 Å². The highest BCUT2D eigenvalue weighted by Gasteiger charge is 2.40.